The van der Waals surface area contributed by atoms with Crippen LogP contribution in [0.5, 0.6) is 17.2 Å². The highest BCUT2D eigenvalue weighted by Gasteiger charge is 2.68. The van der Waals surface area contributed by atoms with Crippen molar-refractivity contribution in [3.8, 4) is 17.2 Å². The molecule has 46 heavy (non-hydrogen) atoms. The van der Waals surface area contributed by atoms with Crippen LogP contribution in [0.25, 0.3) is 0 Å². The zero-order valence-corrected chi connectivity index (χ0v) is 24.9. The van der Waals surface area contributed by atoms with E-state index in [0.717, 1.165) is 17.0 Å². The number of hydrogen-bond donors (Lipinski definition) is 3. The summed E-state index contributed by atoms with van der Waals surface area (Å²) >= 11 is 0. The second-order valence-corrected chi connectivity index (χ2v) is 12.4. The van der Waals surface area contributed by atoms with Gasteiger partial charge in [0.1, 0.15) is 11.3 Å². The third-order valence-corrected chi connectivity index (χ3v) is 10.3. The van der Waals surface area contributed by atoms with Crippen molar-refractivity contribution in [2.75, 3.05) is 16.9 Å². The van der Waals surface area contributed by atoms with Gasteiger partial charge in [-0.1, -0.05) is 42.0 Å². The molecule has 3 aromatic carbocycles. The molecule has 0 aromatic heterocycles. The Bertz CT molecular complexity index is 1890. The Morgan fingerprint density at radius 3 is 2.28 bits per heavy atom. The number of nitrogens with zero attached hydrogens (tertiary/aromatic N) is 2. The van der Waals surface area contributed by atoms with Crippen LogP contribution in [0.4, 0.5) is 11.4 Å². The molecule has 3 N–H and O–H groups in total. The maximum atomic E-state index is 14.5. The number of imide groups is 2. The lowest BCUT2D eigenvalue weighted by Gasteiger charge is -2.49. The first-order valence-electron chi connectivity index (χ1n) is 14.9. The SMILES string of the molecule is COc1cccc(C2C3=CCC4C(=O)N(c5ccc(C(=O)O)c(O)c5)C(=O)C4C3CC3C(=O)N(c4ccccc4)C(=O)C32C)c1O. The predicted molar refractivity (Wildman–Crippen MR) is 163 cm³/mol. The molecule has 3 fully saturated rings. The number of rotatable bonds is 5. The number of anilines is 2. The van der Waals surface area contributed by atoms with Gasteiger partial charge in [0.25, 0.3) is 0 Å². The number of aromatic hydroxyl groups is 2. The number of aromatic carboxylic acids is 1. The van der Waals surface area contributed by atoms with Gasteiger partial charge < -0.3 is 20.1 Å². The second-order valence-electron chi connectivity index (χ2n) is 12.4. The van der Waals surface area contributed by atoms with Crippen molar-refractivity contribution in [1.82, 2.24) is 0 Å². The molecule has 4 aliphatic rings. The summed E-state index contributed by atoms with van der Waals surface area (Å²) in [7, 11) is 1.41. The fourth-order valence-electron chi connectivity index (χ4n) is 8.21. The smallest absolute Gasteiger partial charge is 0.339 e. The van der Waals surface area contributed by atoms with Crippen molar-refractivity contribution in [3.63, 3.8) is 0 Å². The van der Waals surface area contributed by atoms with E-state index in [4.69, 9.17) is 4.74 Å². The van der Waals surface area contributed by atoms with E-state index in [9.17, 15) is 39.3 Å². The van der Waals surface area contributed by atoms with E-state index in [1.54, 1.807) is 55.5 Å². The molecule has 2 saturated heterocycles. The molecule has 0 radical (unpaired) electrons. The normalized spacial score (nSPS) is 28.5. The molecule has 4 amide bonds. The van der Waals surface area contributed by atoms with Crippen molar-refractivity contribution in [2.45, 2.75) is 25.7 Å². The number of phenols is 2. The van der Waals surface area contributed by atoms with Gasteiger partial charge in [-0.3, -0.25) is 19.2 Å². The molecule has 234 valence electrons. The second kappa shape index (κ2) is 10.3. The Balaban J connectivity index is 1.36. The van der Waals surface area contributed by atoms with Crippen molar-refractivity contribution < 1.29 is 44.0 Å². The Morgan fingerprint density at radius 1 is 0.870 bits per heavy atom. The molecule has 2 aliphatic heterocycles. The minimum absolute atomic E-state index is 0.0402. The highest BCUT2D eigenvalue weighted by Crippen LogP contribution is 2.65. The van der Waals surface area contributed by atoms with E-state index in [-0.39, 0.29) is 35.6 Å². The summed E-state index contributed by atoms with van der Waals surface area (Å²) in [6.07, 6.45) is 2.15. The third kappa shape index (κ3) is 3.87. The number of ether oxygens (including phenoxy) is 1. The number of fused-ring (bicyclic) bond motifs is 4. The molecule has 1 saturated carbocycles. The van der Waals surface area contributed by atoms with Gasteiger partial charge >= 0.3 is 5.97 Å². The van der Waals surface area contributed by atoms with Gasteiger partial charge in [0, 0.05) is 17.5 Å². The standard InChI is InChI=1S/C35H30N2O9/c1-35-24(31(41)37(34(35)45)17-7-4-3-5-8-17)16-23-19(28(35)22-9-6-10-26(46-2)29(22)39)13-14-21-27(23)32(42)36(30(21)40)18-11-12-20(33(43)44)25(38)15-18/h3-13,15,21,23-24,27-28,38-39H,14,16H2,1-2H3,(H,43,44). The van der Waals surface area contributed by atoms with Crippen LogP contribution in [0.2, 0.25) is 0 Å². The average Bonchev–Trinajstić information content (AvgIpc) is 3.41. The number of phenolic OH excluding ortho intramolecular Hbond substituents is 1. The van der Waals surface area contributed by atoms with Gasteiger partial charge in [0.2, 0.25) is 23.6 Å². The van der Waals surface area contributed by atoms with E-state index in [0.29, 0.717) is 16.8 Å². The number of para-hydroxylation sites is 2. The maximum Gasteiger partial charge on any atom is 0.339 e. The van der Waals surface area contributed by atoms with Gasteiger partial charge in [-0.15, -0.1) is 0 Å². The van der Waals surface area contributed by atoms with Gasteiger partial charge in [-0.05, 0) is 56.0 Å². The number of carbonyl (C=O) groups excluding carboxylic acids is 4. The Hall–Kier alpha value is -5.45. The first-order valence-corrected chi connectivity index (χ1v) is 14.9. The number of hydrogen-bond acceptors (Lipinski definition) is 8. The van der Waals surface area contributed by atoms with Gasteiger partial charge in [-0.2, -0.15) is 0 Å². The molecule has 6 atom stereocenters. The van der Waals surface area contributed by atoms with Crippen LogP contribution in [0.1, 0.15) is 41.6 Å². The van der Waals surface area contributed by atoms with Crippen LogP contribution < -0.4 is 14.5 Å². The van der Waals surface area contributed by atoms with E-state index < -0.39 is 70.4 Å². The zero-order chi connectivity index (χ0) is 32.7. The molecular weight excluding hydrogens is 592 g/mol. The number of amides is 4. The number of methoxy groups -OCH3 is 1. The van der Waals surface area contributed by atoms with E-state index in [1.165, 1.54) is 18.1 Å². The summed E-state index contributed by atoms with van der Waals surface area (Å²) in [6.45, 7) is 1.73. The minimum Gasteiger partial charge on any atom is -0.507 e. The van der Waals surface area contributed by atoms with Crippen molar-refractivity contribution in [2.24, 2.45) is 29.1 Å². The van der Waals surface area contributed by atoms with Crippen molar-refractivity contribution in [3.05, 3.63) is 89.5 Å². The molecule has 11 heteroatoms. The van der Waals surface area contributed by atoms with Crippen LogP contribution in [0.3, 0.4) is 0 Å². The number of carboxylic acids is 1. The third-order valence-electron chi connectivity index (χ3n) is 10.3. The van der Waals surface area contributed by atoms with Gasteiger partial charge in [0.15, 0.2) is 11.5 Å². The summed E-state index contributed by atoms with van der Waals surface area (Å²) in [5.41, 5.74) is -0.190. The van der Waals surface area contributed by atoms with E-state index in [2.05, 4.69) is 0 Å². The highest BCUT2D eigenvalue weighted by atomic mass is 16.5. The summed E-state index contributed by atoms with van der Waals surface area (Å²) < 4.78 is 5.40. The minimum atomic E-state index is -1.36. The average molecular weight is 623 g/mol. The molecular formula is C35H30N2O9. The molecule has 7 rings (SSSR count). The van der Waals surface area contributed by atoms with Crippen molar-refractivity contribution >= 4 is 41.0 Å². The maximum absolute atomic E-state index is 14.5. The zero-order valence-electron chi connectivity index (χ0n) is 24.9. The summed E-state index contributed by atoms with van der Waals surface area (Å²) in [6, 6.07) is 17.1. The topological polar surface area (TPSA) is 162 Å². The fraction of sp³-hybridized carbons (Fsp3) is 0.286. The number of allylic oxidation sites excluding steroid dienone is 2. The first-order chi connectivity index (χ1) is 22.0. The molecule has 2 aliphatic carbocycles. The van der Waals surface area contributed by atoms with E-state index >= 15 is 0 Å². The number of carboxylic acid groups (broad SMARTS) is 1. The van der Waals surface area contributed by atoms with Crippen LogP contribution in [-0.2, 0) is 19.2 Å². The fourth-order valence-corrected chi connectivity index (χ4v) is 8.21. The lowest BCUT2D eigenvalue weighted by molar-refractivity contribution is -0.131. The summed E-state index contributed by atoms with van der Waals surface area (Å²) in [5, 5.41) is 31.1. The van der Waals surface area contributed by atoms with Crippen LogP contribution in [0.15, 0.2) is 78.4 Å². The first kappa shape index (κ1) is 29.3. The molecule has 0 spiro atoms. The van der Waals surface area contributed by atoms with Crippen LogP contribution >= 0.6 is 0 Å². The molecule has 0 bridgehead atoms. The Labute approximate surface area is 263 Å². The largest absolute Gasteiger partial charge is 0.507 e. The van der Waals surface area contributed by atoms with Gasteiger partial charge in [-0.25, -0.2) is 14.6 Å². The van der Waals surface area contributed by atoms with Crippen molar-refractivity contribution in [1.29, 1.82) is 0 Å². The number of benzene rings is 3. The molecule has 3 aromatic rings. The summed E-state index contributed by atoms with van der Waals surface area (Å²) in [5.74, 6) is -7.82. The molecule has 2 heterocycles. The lowest BCUT2D eigenvalue weighted by Crippen LogP contribution is -2.48. The van der Waals surface area contributed by atoms with E-state index in [1.807, 2.05) is 6.08 Å². The van der Waals surface area contributed by atoms with Crippen LogP contribution in [0, 0.1) is 29.1 Å². The lowest BCUT2D eigenvalue weighted by atomic mass is 9.51. The van der Waals surface area contributed by atoms with Crippen LogP contribution in [-0.4, -0.2) is 52.0 Å². The quantitative estimate of drug-likeness (QED) is 0.279. The Morgan fingerprint density at radius 2 is 1.61 bits per heavy atom. The molecule has 6 unspecified atom stereocenters. The van der Waals surface area contributed by atoms with Gasteiger partial charge in [0.05, 0.1) is 41.7 Å². The highest BCUT2D eigenvalue weighted by molar-refractivity contribution is 6.25. The Kier molecular flexibility index (Phi) is 6.55. The predicted octanol–water partition coefficient (Wildman–Crippen LogP) is 4.24. The molecule has 11 nitrogen and oxygen atoms in total. The summed E-state index contributed by atoms with van der Waals surface area (Å²) in [4.78, 5) is 70.3. The monoisotopic (exact) mass is 622 g/mol. The number of carbonyl (C=O) groups is 5.